The first-order valence-electron chi connectivity index (χ1n) is 8.05. The van der Waals surface area contributed by atoms with Gasteiger partial charge in [-0.3, -0.25) is 4.79 Å². The fourth-order valence-corrected chi connectivity index (χ4v) is 3.69. The summed E-state index contributed by atoms with van der Waals surface area (Å²) < 4.78 is 7.02. The number of ether oxygens (including phenoxy) is 1. The second-order valence-electron chi connectivity index (χ2n) is 6.14. The van der Waals surface area contributed by atoms with Crippen LogP contribution < -0.4 is 5.32 Å². The summed E-state index contributed by atoms with van der Waals surface area (Å²) in [4.78, 5) is 14.9. The summed E-state index contributed by atoms with van der Waals surface area (Å²) in [6.07, 6.45) is 1.87. The van der Waals surface area contributed by atoms with E-state index in [1.807, 2.05) is 17.0 Å². The molecule has 0 spiro atoms. The van der Waals surface area contributed by atoms with Crippen LogP contribution in [-0.4, -0.2) is 43.1 Å². The molecule has 2 saturated heterocycles. The standard InChI is InChI=1S/C17H23BrN2O2.ClH/c1-12-16(13-2-4-15(18)5-3-13)22-11-10-20(12)17(21)14-6-8-19-9-7-14;/h2-5,12,14,16,19H,6-11H2,1H3;1H. The van der Waals surface area contributed by atoms with Crippen molar-refractivity contribution >= 4 is 34.2 Å². The van der Waals surface area contributed by atoms with Gasteiger partial charge in [-0.15, -0.1) is 12.4 Å². The van der Waals surface area contributed by atoms with Crippen molar-refractivity contribution in [3.8, 4) is 0 Å². The summed E-state index contributed by atoms with van der Waals surface area (Å²) in [6, 6.07) is 8.28. The van der Waals surface area contributed by atoms with E-state index in [-0.39, 0.29) is 30.5 Å². The molecule has 0 radical (unpaired) electrons. The Morgan fingerprint density at radius 2 is 1.91 bits per heavy atom. The molecule has 2 aliphatic heterocycles. The van der Waals surface area contributed by atoms with Crippen LogP contribution in [0.25, 0.3) is 0 Å². The molecular weight excluding hydrogens is 380 g/mol. The third kappa shape index (κ3) is 4.27. The van der Waals surface area contributed by atoms with Crippen LogP contribution in [-0.2, 0) is 9.53 Å². The summed E-state index contributed by atoms with van der Waals surface area (Å²) in [7, 11) is 0. The molecule has 2 heterocycles. The van der Waals surface area contributed by atoms with Crippen molar-refractivity contribution in [2.75, 3.05) is 26.2 Å². The molecule has 0 aliphatic carbocycles. The van der Waals surface area contributed by atoms with E-state index in [1.165, 1.54) is 0 Å². The number of nitrogens with zero attached hydrogens (tertiary/aromatic N) is 1. The Morgan fingerprint density at radius 1 is 1.26 bits per heavy atom. The zero-order valence-corrected chi connectivity index (χ0v) is 15.7. The number of hydrogen-bond donors (Lipinski definition) is 1. The molecule has 2 fully saturated rings. The SMILES string of the molecule is CC1C(c2ccc(Br)cc2)OCCN1C(=O)C1CCNCC1.Cl. The number of halogens is 2. The van der Waals surface area contributed by atoms with Gasteiger partial charge >= 0.3 is 0 Å². The van der Waals surface area contributed by atoms with Gasteiger partial charge in [0.1, 0.15) is 6.10 Å². The second kappa shape index (κ2) is 8.47. The number of carbonyl (C=O) groups excluding carboxylic acids is 1. The van der Waals surface area contributed by atoms with Gasteiger partial charge in [0.15, 0.2) is 0 Å². The largest absolute Gasteiger partial charge is 0.370 e. The van der Waals surface area contributed by atoms with Crippen LogP contribution in [0.4, 0.5) is 0 Å². The highest BCUT2D eigenvalue weighted by atomic mass is 79.9. The maximum atomic E-state index is 12.8. The van der Waals surface area contributed by atoms with Crippen LogP contribution in [0.5, 0.6) is 0 Å². The van der Waals surface area contributed by atoms with Crippen LogP contribution in [0.1, 0.15) is 31.4 Å². The highest BCUT2D eigenvalue weighted by Crippen LogP contribution is 2.31. The summed E-state index contributed by atoms with van der Waals surface area (Å²) in [5.41, 5.74) is 1.14. The topological polar surface area (TPSA) is 41.6 Å². The fourth-order valence-electron chi connectivity index (χ4n) is 3.43. The van der Waals surface area contributed by atoms with Crippen molar-refractivity contribution in [3.63, 3.8) is 0 Å². The van der Waals surface area contributed by atoms with Gasteiger partial charge in [0.25, 0.3) is 0 Å². The van der Waals surface area contributed by atoms with Gasteiger partial charge in [-0.2, -0.15) is 0 Å². The molecule has 2 aliphatic rings. The lowest BCUT2D eigenvalue weighted by Crippen LogP contribution is -2.51. The molecule has 0 saturated carbocycles. The second-order valence-corrected chi connectivity index (χ2v) is 7.06. The van der Waals surface area contributed by atoms with E-state index in [1.54, 1.807) is 0 Å². The van der Waals surface area contributed by atoms with Gasteiger partial charge in [0.05, 0.1) is 12.6 Å². The van der Waals surface area contributed by atoms with E-state index < -0.39 is 0 Å². The zero-order valence-electron chi connectivity index (χ0n) is 13.3. The van der Waals surface area contributed by atoms with Gasteiger partial charge in [-0.05, 0) is 50.6 Å². The predicted octanol–water partition coefficient (Wildman–Crippen LogP) is 3.16. The molecule has 2 unspecified atom stereocenters. The van der Waals surface area contributed by atoms with Crippen LogP contribution in [0.3, 0.4) is 0 Å². The lowest BCUT2D eigenvalue weighted by Gasteiger charge is -2.41. The number of carbonyl (C=O) groups is 1. The molecule has 6 heteroatoms. The normalized spacial score (nSPS) is 25.7. The average Bonchev–Trinajstić information content (AvgIpc) is 2.56. The van der Waals surface area contributed by atoms with E-state index >= 15 is 0 Å². The molecule has 1 aromatic carbocycles. The molecule has 0 bridgehead atoms. The number of piperidine rings is 1. The lowest BCUT2D eigenvalue weighted by atomic mass is 9.94. The highest BCUT2D eigenvalue weighted by molar-refractivity contribution is 9.10. The van der Waals surface area contributed by atoms with E-state index in [0.717, 1.165) is 36.0 Å². The molecule has 128 valence electrons. The lowest BCUT2D eigenvalue weighted by molar-refractivity contribution is -0.150. The summed E-state index contributed by atoms with van der Waals surface area (Å²) in [5.74, 6) is 0.478. The molecule has 23 heavy (non-hydrogen) atoms. The zero-order chi connectivity index (χ0) is 15.5. The number of amides is 1. The number of rotatable bonds is 2. The Balaban J connectivity index is 0.00000192. The smallest absolute Gasteiger partial charge is 0.226 e. The van der Waals surface area contributed by atoms with Gasteiger partial charge in [0.2, 0.25) is 5.91 Å². The molecule has 4 nitrogen and oxygen atoms in total. The van der Waals surface area contributed by atoms with Crippen LogP contribution >= 0.6 is 28.3 Å². The molecule has 0 aromatic heterocycles. The molecule has 1 N–H and O–H groups in total. The van der Waals surface area contributed by atoms with E-state index in [9.17, 15) is 4.79 Å². The first-order chi connectivity index (χ1) is 10.7. The summed E-state index contributed by atoms with van der Waals surface area (Å²) in [6.45, 7) is 5.32. The van der Waals surface area contributed by atoms with Crippen molar-refractivity contribution in [3.05, 3.63) is 34.3 Å². The minimum atomic E-state index is -0.0347. The van der Waals surface area contributed by atoms with Crippen molar-refractivity contribution in [2.24, 2.45) is 5.92 Å². The molecular formula is C17H24BrClN2O2. The van der Waals surface area contributed by atoms with Gasteiger partial charge in [-0.25, -0.2) is 0 Å². The Kier molecular flexibility index (Phi) is 6.89. The van der Waals surface area contributed by atoms with Gasteiger partial charge in [-0.1, -0.05) is 28.1 Å². The number of morpholine rings is 1. The third-order valence-corrected chi connectivity index (χ3v) is 5.26. The summed E-state index contributed by atoms with van der Waals surface area (Å²) >= 11 is 3.46. The highest BCUT2D eigenvalue weighted by Gasteiger charge is 2.36. The number of nitrogens with one attached hydrogen (secondary N) is 1. The predicted molar refractivity (Wildman–Crippen MR) is 96.9 cm³/mol. The van der Waals surface area contributed by atoms with Crippen LogP contribution in [0.15, 0.2) is 28.7 Å². The van der Waals surface area contributed by atoms with Crippen molar-refractivity contribution in [2.45, 2.75) is 31.9 Å². The van der Waals surface area contributed by atoms with Crippen LogP contribution in [0, 0.1) is 5.92 Å². The van der Waals surface area contributed by atoms with Crippen molar-refractivity contribution in [1.82, 2.24) is 10.2 Å². The number of hydrogen-bond acceptors (Lipinski definition) is 3. The van der Waals surface area contributed by atoms with Gasteiger partial charge < -0.3 is 15.0 Å². The first-order valence-corrected chi connectivity index (χ1v) is 8.84. The van der Waals surface area contributed by atoms with E-state index in [0.29, 0.717) is 19.1 Å². The van der Waals surface area contributed by atoms with Gasteiger partial charge in [0, 0.05) is 16.9 Å². The van der Waals surface area contributed by atoms with E-state index in [2.05, 4.69) is 40.3 Å². The monoisotopic (exact) mass is 402 g/mol. The fraction of sp³-hybridized carbons (Fsp3) is 0.588. The summed E-state index contributed by atoms with van der Waals surface area (Å²) in [5, 5.41) is 3.32. The maximum Gasteiger partial charge on any atom is 0.226 e. The number of benzene rings is 1. The minimum absolute atomic E-state index is 0. The molecule has 1 amide bonds. The van der Waals surface area contributed by atoms with Crippen molar-refractivity contribution < 1.29 is 9.53 Å². The molecule has 3 rings (SSSR count). The maximum absolute atomic E-state index is 12.8. The third-order valence-electron chi connectivity index (χ3n) is 4.73. The quantitative estimate of drug-likeness (QED) is 0.825. The Bertz CT molecular complexity index is 520. The minimum Gasteiger partial charge on any atom is -0.370 e. The van der Waals surface area contributed by atoms with Crippen molar-refractivity contribution in [1.29, 1.82) is 0 Å². The van der Waals surface area contributed by atoms with E-state index in [4.69, 9.17) is 4.74 Å². The first kappa shape index (κ1) is 18.7. The average molecular weight is 404 g/mol. The Hall–Kier alpha value is -0.620. The Labute approximate surface area is 152 Å². The Morgan fingerprint density at radius 3 is 2.57 bits per heavy atom. The molecule has 2 atom stereocenters. The van der Waals surface area contributed by atoms with Crippen LogP contribution in [0.2, 0.25) is 0 Å². The molecule has 1 aromatic rings.